The molecular formula is C17H17F3N4. The number of nitrogens with one attached hydrogen (secondary N) is 1. The number of fused-ring (bicyclic) bond motifs is 1. The molecule has 24 heavy (non-hydrogen) atoms. The lowest BCUT2D eigenvalue weighted by molar-refractivity contribution is -0.137. The Kier molecular flexibility index (Phi) is 4.09. The highest BCUT2D eigenvalue weighted by Gasteiger charge is 2.30. The van der Waals surface area contributed by atoms with Crippen molar-refractivity contribution >= 4 is 17.3 Å². The van der Waals surface area contributed by atoms with Gasteiger partial charge in [-0.05, 0) is 35.9 Å². The maximum absolute atomic E-state index is 12.7. The number of benzene rings is 2. The monoisotopic (exact) mass is 334 g/mol. The summed E-state index contributed by atoms with van der Waals surface area (Å²) in [5, 5.41) is 7.74. The zero-order valence-electron chi connectivity index (χ0n) is 12.8. The van der Waals surface area contributed by atoms with Crippen molar-refractivity contribution in [1.82, 2.24) is 0 Å². The SMILES string of the molecule is N=C(N)N1CCN(c2ccc(C(F)(F)F)cc2)Cc2ccccc21. The third-order valence-electron chi connectivity index (χ3n) is 4.09. The van der Waals surface area contributed by atoms with Gasteiger partial charge in [-0.1, -0.05) is 18.2 Å². The standard InChI is InChI=1S/C17H17F3N4/c18-17(19,20)13-5-7-14(8-6-13)23-9-10-24(16(21)22)15-4-2-1-3-12(15)11-23/h1-8H,9-11H2,(H3,21,22). The van der Waals surface area contributed by atoms with Crippen molar-refractivity contribution in [1.29, 1.82) is 5.41 Å². The molecule has 0 unspecified atom stereocenters. The van der Waals surface area contributed by atoms with Crippen LogP contribution in [0.4, 0.5) is 24.5 Å². The van der Waals surface area contributed by atoms with Crippen molar-refractivity contribution in [2.45, 2.75) is 12.7 Å². The molecule has 2 aromatic carbocycles. The van der Waals surface area contributed by atoms with E-state index in [2.05, 4.69) is 0 Å². The summed E-state index contributed by atoms with van der Waals surface area (Å²) in [4.78, 5) is 3.70. The largest absolute Gasteiger partial charge is 0.416 e. The molecule has 1 aliphatic heterocycles. The number of para-hydroxylation sites is 1. The Labute approximate surface area is 137 Å². The number of hydrogen-bond donors (Lipinski definition) is 2. The van der Waals surface area contributed by atoms with E-state index in [1.807, 2.05) is 29.2 Å². The summed E-state index contributed by atoms with van der Waals surface area (Å²) in [5.74, 6) is -0.0447. The minimum Gasteiger partial charge on any atom is -0.370 e. The Bertz CT molecular complexity index is 740. The van der Waals surface area contributed by atoms with Crippen LogP contribution in [-0.2, 0) is 12.7 Å². The van der Waals surface area contributed by atoms with E-state index in [0.717, 1.165) is 23.4 Å². The van der Waals surface area contributed by atoms with Crippen LogP contribution in [0.25, 0.3) is 0 Å². The molecule has 0 fully saturated rings. The fourth-order valence-corrected chi connectivity index (χ4v) is 2.87. The highest BCUT2D eigenvalue weighted by atomic mass is 19.4. The van der Waals surface area contributed by atoms with Crippen LogP contribution < -0.4 is 15.5 Å². The van der Waals surface area contributed by atoms with Crippen LogP contribution in [-0.4, -0.2) is 19.0 Å². The van der Waals surface area contributed by atoms with Gasteiger partial charge in [0.15, 0.2) is 5.96 Å². The summed E-state index contributed by atoms with van der Waals surface area (Å²) in [5.41, 5.74) is 7.56. The molecule has 0 saturated carbocycles. The molecule has 0 atom stereocenters. The van der Waals surface area contributed by atoms with Gasteiger partial charge < -0.3 is 15.5 Å². The summed E-state index contributed by atoms with van der Waals surface area (Å²) in [6.07, 6.45) is -4.34. The van der Waals surface area contributed by atoms with E-state index in [9.17, 15) is 13.2 Å². The minimum absolute atomic E-state index is 0.0447. The van der Waals surface area contributed by atoms with Gasteiger partial charge in [0.05, 0.1) is 5.56 Å². The van der Waals surface area contributed by atoms with Crippen LogP contribution in [0.15, 0.2) is 48.5 Å². The van der Waals surface area contributed by atoms with Crippen molar-refractivity contribution in [2.24, 2.45) is 5.73 Å². The lowest BCUT2D eigenvalue weighted by Gasteiger charge is -2.24. The molecule has 0 spiro atoms. The normalized spacial score (nSPS) is 15.0. The van der Waals surface area contributed by atoms with Gasteiger partial charge >= 0.3 is 6.18 Å². The lowest BCUT2D eigenvalue weighted by atomic mass is 10.1. The van der Waals surface area contributed by atoms with Crippen molar-refractivity contribution in [2.75, 3.05) is 22.9 Å². The fraction of sp³-hybridized carbons (Fsp3) is 0.235. The van der Waals surface area contributed by atoms with Gasteiger partial charge in [0, 0.05) is 31.0 Å². The van der Waals surface area contributed by atoms with E-state index >= 15 is 0 Å². The zero-order valence-corrected chi connectivity index (χ0v) is 12.8. The maximum Gasteiger partial charge on any atom is 0.416 e. The molecule has 126 valence electrons. The third-order valence-corrected chi connectivity index (χ3v) is 4.09. The molecule has 7 heteroatoms. The van der Waals surface area contributed by atoms with Gasteiger partial charge in [-0.2, -0.15) is 13.2 Å². The quantitative estimate of drug-likeness (QED) is 0.621. The number of anilines is 2. The third kappa shape index (κ3) is 3.15. The van der Waals surface area contributed by atoms with Gasteiger partial charge in [-0.25, -0.2) is 0 Å². The van der Waals surface area contributed by atoms with Gasteiger partial charge in [-0.3, -0.25) is 5.41 Å². The molecule has 0 aromatic heterocycles. The van der Waals surface area contributed by atoms with Crippen molar-refractivity contribution in [3.8, 4) is 0 Å². The van der Waals surface area contributed by atoms with E-state index in [4.69, 9.17) is 11.1 Å². The number of alkyl halides is 3. The topological polar surface area (TPSA) is 56.4 Å². The number of nitrogens with two attached hydrogens (primary N) is 1. The maximum atomic E-state index is 12.7. The molecule has 0 radical (unpaired) electrons. The zero-order chi connectivity index (χ0) is 17.3. The minimum atomic E-state index is -4.34. The molecule has 3 N–H and O–H groups in total. The Morgan fingerprint density at radius 1 is 1.00 bits per heavy atom. The number of guanidine groups is 1. The second-order valence-corrected chi connectivity index (χ2v) is 5.63. The second kappa shape index (κ2) is 6.07. The van der Waals surface area contributed by atoms with Crippen LogP contribution in [0.2, 0.25) is 0 Å². The first-order chi connectivity index (χ1) is 11.4. The smallest absolute Gasteiger partial charge is 0.370 e. The van der Waals surface area contributed by atoms with E-state index in [-0.39, 0.29) is 5.96 Å². The number of halogens is 3. The number of rotatable bonds is 1. The van der Waals surface area contributed by atoms with E-state index in [1.54, 1.807) is 4.90 Å². The molecule has 0 bridgehead atoms. The molecular weight excluding hydrogens is 317 g/mol. The molecule has 3 rings (SSSR count). The summed E-state index contributed by atoms with van der Waals surface area (Å²) in [6, 6.07) is 12.8. The summed E-state index contributed by atoms with van der Waals surface area (Å²) in [6.45, 7) is 1.60. The average molecular weight is 334 g/mol. The summed E-state index contributed by atoms with van der Waals surface area (Å²) in [7, 11) is 0. The molecule has 4 nitrogen and oxygen atoms in total. The molecule has 2 aromatic rings. The molecule has 1 heterocycles. The Balaban J connectivity index is 1.90. The fourth-order valence-electron chi connectivity index (χ4n) is 2.87. The predicted octanol–water partition coefficient (Wildman–Crippen LogP) is 3.43. The Hall–Kier alpha value is -2.70. The van der Waals surface area contributed by atoms with Crippen molar-refractivity contribution in [3.05, 3.63) is 59.7 Å². The van der Waals surface area contributed by atoms with Crippen LogP contribution in [0, 0.1) is 5.41 Å². The van der Waals surface area contributed by atoms with Gasteiger partial charge in [0.1, 0.15) is 0 Å². The van der Waals surface area contributed by atoms with E-state index in [1.165, 1.54) is 12.1 Å². The van der Waals surface area contributed by atoms with E-state index in [0.29, 0.717) is 25.3 Å². The van der Waals surface area contributed by atoms with Crippen molar-refractivity contribution < 1.29 is 13.2 Å². The summed E-state index contributed by atoms with van der Waals surface area (Å²) < 4.78 is 38.1. The van der Waals surface area contributed by atoms with Crippen LogP contribution in [0.5, 0.6) is 0 Å². The predicted molar refractivity (Wildman–Crippen MR) is 88.2 cm³/mol. The highest BCUT2D eigenvalue weighted by Crippen LogP contribution is 2.32. The Morgan fingerprint density at radius 3 is 2.29 bits per heavy atom. The van der Waals surface area contributed by atoms with Crippen LogP contribution in [0.3, 0.4) is 0 Å². The molecule has 1 aliphatic rings. The first kappa shape index (κ1) is 16.2. The van der Waals surface area contributed by atoms with Gasteiger partial charge in [0.2, 0.25) is 0 Å². The van der Waals surface area contributed by atoms with Gasteiger partial charge in [0.25, 0.3) is 0 Å². The van der Waals surface area contributed by atoms with Crippen LogP contribution >= 0.6 is 0 Å². The first-order valence-electron chi connectivity index (χ1n) is 7.48. The summed E-state index contributed by atoms with van der Waals surface area (Å²) >= 11 is 0. The van der Waals surface area contributed by atoms with E-state index < -0.39 is 11.7 Å². The first-order valence-corrected chi connectivity index (χ1v) is 7.48. The highest BCUT2D eigenvalue weighted by molar-refractivity contribution is 5.93. The number of hydrogen-bond acceptors (Lipinski definition) is 2. The lowest BCUT2D eigenvalue weighted by Crippen LogP contribution is -2.40. The van der Waals surface area contributed by atoms with Gasteiger partial charge in [-0.15, -0.1) is 0 Å². The van der Waals surface area contributed by atoms with Crippen molar-refractivity contribution in [3.63, 3.8) is 0 Å². The molecule has 0 amide bonds. The molecule has 0 saturated heterocycles. The number of nitrogens with zero attached hydrogens (tertiary/aromatic N) is 2. The Morgan fingerprint density at radius 2 is 1.67 bits per heavy atom. The van der Waals surface area contributed by atoms with Crippen LogP contribution in [0.1, 0.15) is 11.1 Å². The molecule has 0 aliphatic carbocycles. The second-order valence-electron chi connectivity index (χ2n) is 5.63. The average Bonchev–Trinajstić information content (AvgIpc) is 2.73.